The monoisotopic (exact) mass is 345 g/mol. The van der Waals surface area contributed by atoms with Gasteiger partial charge in [0, 0.05) is 27.9 Å². The van der Waals surface area contributed by atoms with Crippen molar-refractivity contribution < 1.29 is 19.1 Å². The van der Waals surface area contributed by atoms with Crippen LogP contribution >= 0.6 is 0 Å². The molecule has 0 saturated heterocycles. The van der Waals surface area contributed by atoms with E-state index in [2.05, 4.69) is 24.6 Å². The lowest BCUT2D eigenvalue weighted by Crippen LogP contribution is -2.41. The number of rotatable bonds is 4. The summed E-state index contributed by atoms with van der Waals surface area (Å²) in [7, 11) is 0.774. The molecule has 0 bridgehead atoms. The molecule has 128 valence electrons. The van der Waals surface area contributed by atoms with E-state index in [-0.39, 0.29) is 5.57 Å². The van der Waals surface area contributed by atoms with Gasteiger partial charge in [-0.25, -0.2) is 9.59 Å². The van der Waals surface area contributed by atoms with Crippen molar-refractivity contribution in [2.45, 2.75) is 26.6 Å². The zero-order chi connectivity index (χ0) is 18.1. The molecule has 5 nitrogen and oxygen atoms in total. The summed E-state index contributed by atoms with van der Waals surface area (Å²) in [4.78, 5) is 27.6. The number of esters is 2. The molecule has 6 heteroatoms. The molecule has 2 aromatic rings. The number of hydrogen-bond acceptors (Lipinski definition) is 4. The van der Waals surface area contributed by atoms with Crippen molar-refractivity contribution in [2.75, 3.05) is 14.2 Å². The van der Waals surface area contributed by atoms with Gasteiger partial charge in [-0.05, 0) is 19.1 Å². The summed E-state index contributed by atoms with van der Waals surface area (Å²) >= 11 is 0. The molecular formula is C18H23NO4Si. The number of nitrogens with one attached hydrogen (secondary N) is 1. The third kappa shape index (κ3) is 3.43. The van der Waals surface area contributed by atoms with Crippen LogP contribution < -0.4 is 5.32 Å². The number of benzene rings is 1. The second kappa shape index (κ2) is 6.65. The van der Waals surface area contributed by atoms with E-state index in [1.807, 2.05) is 25.1 Å². The average molecular weight is 345 g/mol. The normalized spacial score (nSPS) is 12.3. The second-order valence-electron chi connectivity index (χ2n) is 6.75. The molecule has 1 heterocycles. The molecule has 0 aliphatic rings. The topological polar surface area (TPSA) is 68.4 Å². The minimum Gasteiger partial charge on any atom is -0.466 e. The number of aromatic amines is 1. The molecule has 1 aromatic carbocycles. The summed E-state index contributed by atoms with van der Waals surface area (Å²) in [5.41, 5.74) is 2.98. The van der Waals surface area contributed by atoms with Gasteiger partial charge in [-0.3, -0.25) is 0 Å². The fourth-order valence-corrected chi connectivity index (χ4v) is 4.20. The lowest BCUT2D eigenvalue weighted by Gasteiger charge is -2.18. The Hall–Kier alpha value is -2.34. The molecule has 0 fully saturated rings. The number of carbonyl (C=O) groups excluding carboxylic acids is 2. The summed E-state index contributed by atoms with van der Waals surface area (Å²) in [5.74, 6) is -1.14. The van der Waals surface area contributed by atoms with E-state index < -0.39 is 20.0 Å². The van der Waals surface area contributed by atoms with Gasteiger partial charge < -0.3 is 14.5 Å². The maximum atomic E-state index is 12.4. The number of hydrogen-bond donors (Lipinski definition) is 1. The van der Waals surface area contributed by atoms with Gasteiger partial charge in [-0.2, -0.15) is 0 Å². The maximum absolute atomic E-state index is 12.4. The third-order valence-corrected chi connectivity index (χ3v) is 5.72. The Kier molecular flexibility index (Phi) is 4.98. The van der Waals surface area contributed by atoms with Gasteiger partial charge >= 0.3 is 11.9 Å². The Morgan fingerprint density at radius 1 is 1.12 bits per heavy atom. The molecule has 24 heavy (non-hydrogen) atoms. The smallest absolute Gasteiger partial charge is 0.338 e. The molecule has 0 saturated carbocycles. The van der Waals surface area contributed by atoms with Crippen molar-refractivity contribution in [1.82, 2.24) is 4.98 Å². The first-order valence-electron chi connectivity index (χ1n) is 7.70. The Balaban J connectivity index is 2.88. The fourth-order valence-electron chi connectivity index (χ4n) is 2.67. The van der Waals surface area contributed by atoms with Gasteiger partial charge in [0.2, 0.25) is 0 Å². The van der Waals surface area contributed by atoms with Crippen molar-refractivity contribution >= 4 is 41.8 Å². The zero-order valence-corrected chi connectivity index (χ0v) is 15.9. The molecular weight excluding hydrogens is 322 g/mol. The summed E-state index contributed by atoms with van der Waals surface area (Å²) < 4.78 is 9.63. The molecule has 0 amide bonds. The first kappa shape index (κ1) is 18.0. The van der Waals surface area contributed by atoms with Crippen LogP contribution in [0.15, 0.2) is 24.3 Å². The van der Waals surface area contributed by atoms with E-state index in [9.17, 15) is 9.59 Å². The Morgan fingerprint density at radius 3 is 2.33 bits per heavy atom. The summed E-state index contributed by atoms with van der Waals surface area (Å²) in [6.45, 7) is 8.54. The van der Waals surface area contributed by atoms with Gasteiger partial charge in [-0.1, -0.05) is 31.3 Å². The van der Waals surface area contributed by atoms with E-state index in [0.29, 0.717) is 0 Å². The molecule has 2 rings (SSSR count). The number of H-pyrrole nitrogens is 1. The number of ether oxygens (including phenoxy) is 2. The largest absolute Gasteiger partial charge is 0.466 e. The summed E-state index contributed by atoms with van der Waals surface area (Å²) in [6.07, 6.45) is 1.21. The predicted molar refractivity (Wildman–Crippen MR) is 98.0 cm³/mol. The molecule has 1 aromatic heterocycles. The minimum atomic E-state index is -1.82. The molecule has 1 N–H and O–H groups in total. The van der Waals surface area contributed by atoms with Crippen molar-refractivity contribution in [2.24, 2.45) is 0 Å². The Labute approximate surface area is 142 Å². The first-order valence-corrected chi connectivity index (χ1v) is 11.2. The molecule has 0 spiro atoms. The fraction of sp³-hybridized carbons (Fsp3) is 0.333. The number of aryl methyl sites for hydroxylation is 1. The van der Waals surface area contributed by atoms with Crippen LogP contribution in [0.2, 0.25) is 19.6 Å². The third-order valence-electron chi connectivity index (χ3n) is 3.84. The molecule has 0 unspecified atom stereocenters. The standard InChI is InChI=1S/C18H23NO4Si/c1-11-7-8-14-12(9-11)16(17(19-14)24(4,5)6)13(18(21)23-3)10-15(20)22-2/h7-10,19H,1-6H3/b13-10-. The van der Waals surface area contributed by atoms with Crippen molar-refractivity contribution in [3.63, 3.8) is 0 Å². The number of aromatic nitrogens is 1. The summed E-state index contributed by atoms with van der Waals surface area (Å²) in [6, 6.07) is 6.02. The van der Waals surface area contributed by atoms with E-state index in [1.54, 1.807) is 0 Å². The number of carbonyl (C=O) groups is 2. The van der Waals surface area contributed by atoms with Gasteiger partial charge in [0.15, 0.2) is 0 Å². The SMILES string of the molecule is COC(=O)/C=C(\C(=O)OC)c1c([Si](C)(C)C)[nH]c2ccc(C)cc12. The quantitative estimate of drug-likeness (QED) is 0.525. The van der Waals surface area contributed by atoms with Crippen LogP contribution in [0.5, 0.6) is 0 Å². The molecule has 0 aliphatic heterocycles. The van der Waals surface area contributed by atoms with Crippen molar-refractivity contribution in [3.8, 4) is 0 Å². The molecule has 0 aliphatic carbocycles. The van der Waals surface area contributed by atoms with Crippen LogP contribution in [0.25, 0.3) is 16.5 Å². The zero-order valence-electron chi connectivity index (χ0n) is 14.9. The van der Waals surface area contributed by atoms with Crippen LogP contribution in [-0.4, -0.2) is 39.2 Å². The lowest BCUT2D eigenvalue weighted by atomic mass is 10.0. The van der Waals surface area contributed by atoms with E-state index >= 15 is 0 Å². The van der Waals surface area contributed by atoms with Crippen molar-refractivity contribution in [1.29, 1.82) is 0 Å². The van der Waals surface area contributed by atoms with E-state index in [0.717, 1.165) is 27.3 Å². The van der Waals surface area contributed by atoms with Crippen LogP contribution in [0, 0.1) is 6.92 Å². The van der Waals surface area contributed by atoms with E-state index in [4.69, 9.17) is 9.47 Å². The van der Waals surface area contributed by atoms with Crippen LogP contribution in [0.3, 0.4) is 0 Å². The highest BCUT2D eigenvalue weighted by molar-refractivity contribution is 6.89. The van der Waals surface area contributed by atoms with Crippen LogP contribution in [0.1, 0.15) is 11.1 Å². The predicted octanol–water partition coefficient (Wildman–Crippen LogP) is 2.75. The van der Waals surface area contributed by atoms with Gasteiger partial charge in [0.1, 0.15) is 0 Å². The second-order valence-corrected chi connectivity index (χ2v) is 11.7. The Bertz CT molecular complexity index is 827. The average Bonchev–Trinajstić information content (AvgIpc) is 2.90. The minimum absolute atomic E-state index is 0.221. The highest BCUT2D eigenvalue weighted by atomic mass is 28.3. The van der Waals surface area contributed by atoms with Gasteiger partial charge in [0.25, 0.3) is 0 Å². The highest BCUT2D eigenvalue weighted by Crippen LogP contribution is 2.28. The van der Waals surface area contributed by atoms with Gasteiger partial charge in [-0.15, -0.1) is 0 Å². The Morgan fingerprint density at radius 2 is 1.79 bits per heavy atom. The van der Waals surface area contributed by atoms with Crippen LogP contribution in [0.4, 0.5) is 0 Å². The highest BCUT2D eigenvalue weighted by Gasteiger charge is 2.29. The van der Waals surface area contributed by atoms with Gasteiger partial charge in [0.05, 0.1) is 27.9 Å². The number of methoxy groups -OCH3 is 2. The first-order chi connectivity index (χ1) is 11.2. The molecule has 0 radical (unpaired) electrons. The summed E-state index contributed by atoms with van der Waals surface area (Å²) in [5, 5.41) is 1.91. The van der Waals surface area contributed by atoms with E-state index in [1.165, 1.54) is 20.3 Å². The number of fused-ring (bicyclic) bond motifs is 1. The molecule has 0 atom stereocenters. The lowest BCUT2D eigenvalue weighted by molar-refractivity contribution is -0.136. The van der Waals surface area contributed by atoms with Crippen LogP contribution in [-0.2, 0) is 19.1 Å². The maximum Gasteiger partial charge on any atom is 0.338 e. The van der Waals surface area contributed by atoms with Crippen molar-refractivity contribution in [3.05, 3.63) is 35.4 Å².